The van der Waals surface area contributed by atoms with Crippen molar-refractivity contribution >= 4 is 5.69 Å². The van der Waals surface area contributed by atoms with Gasteiger partial charge in [0, 0.05) is 25.2 Å². The van der Waals surface area contributed by atoms with Gasteiger partial charge in [0.15, 0.2) is 6.79 Å². The lowest BCUT2D eigenvalue weighted by Gasteiger charge is -2.03. The maximum atomic E-state index is 10.8. The smallest absolute Gasteiger partial charge is 0.273 e. The number of methoxy groups -OCH3 is 2. The first-order chi connectivity index (χ1) is 8.69. The molecule has 0 aliphatic rings. The third kappa shape index (κ3) is 4.06. The molecule has 1 aromatic rings. The quantitative estimate of drug-likeness (QED) is 0.245. The van der Waals surface area contributed by atoms with E-state index in [0.717, 1.165) is 0 Å². The van der Waals surface area contributed by atoms with Gasteiger partial charge in [0.05, 0.1) is 18.3 Å². The second-order valence-electron chi connectivity index (χ2n) is 3.40. The highest BCUT2D eigenvalue weighted by Gasteiger charge is 2.13. The van der Waals surface area contributed by atoms with Crippen LogP contribution in [-0.4, -0.2) is 25.9 Å². The van der Waals surface area contributed by atoms with Gasteiger partial charge in [-0.25, -0.2) is 0 Å². The van der Waals surface area contributed by atoms with Gasteiger partial charge in [-0.3, -0.25) is 10.1 Å². The van der Waals surface area contributed by atoms with Gasteiger partial charge in [-0.2, -0.15) is 0 Å². The molecule has 6 nitrogen and oxygen atoms in total. The number of hydrogen-bond donors (Lipinski definition) is 0. The maximum absolute atomic E-state index is 10.8. The van der Waals surface area contributed by atoms with Gasteiger partial charge in [-0.05, 0) is 18.2 Å². The molecule has 0 spiro atoms. The van der Waals surface area contributed by atoms with E-state index >= 15 is 0 Å². The molecule has 0 fully saturated rings. The Bertz CT molecular complexity index is 430. The van der Waals surface area contributed by atoms with Gasteiger partial charge in [-0.1, -0.05) is 0 Å². The number of ether oxygens (including phenoxy) is 3. The van der Waals surface area contributed by atoms with Crippen LogP contribution >= 0.6 is 0 Å². The van der Waals surface area contributed by atoms with Crippen molar-refractivity contribution in [1.29, 1.82) is 0 Å². The molecule has 0 saturated carbocycles. The molecular weight excluding hydrogens is 238 g/mol. The van der Waals surface area contributed by atoms with Crippen molar-refractivity contribution in [3.8, 4) is 5.75 Å². The third-order valence-corrected chi connectivity index (χ3v) is 2.20. The Morgan fingerprint density at radius 1 is 1.39 bits per heavy atom. The molecule has 0 radical (unpaired) electrons. The fourth-order valence-electron chi connectivity index (χ4n) is 1.38. The molecule has 1 rings (SSSR count). The van der Waals surface area contributed by atoms with Crippen LogP contribution in [0.3, 0.4) is 0 Å². The molecule has 0 bridgehead atoms. The van der Waals surface area contributed by atoms with E-state index in [1.165, 1.54) is 26.5 Å². The zero-order valence-corrected chi connectivity index (χ0v) is 10.3. The summed E-state index contributed by atoms with van der Waals surface area (Å²) in [5, 5.41) is 10.8. The Balaban J connectivity index is 2.77. The Hall–Kier alpha value is -2.08. The van der Waals surface area contributed by atoms with E-state index in [9.17, 15) is 10.1 Å². The molecule has 6 heteroatoms. The Kier molecular flexibility index (Phi) is 5.66. The second-order valence-corrected chi connectivity index (χ2v) is 3.40. The number of benzene rings is 1. The van der Waals surface area contributed by atoms with E-state index < -0.39 is 4.92 Å². The first-order valence-corrected chi connectivity index (χ1v) is 5.26. The minimum Gasteiger partial charge on any atom is -0.497 e. The number of nitro benzene ring substituents is 1. The van der Waals surface area contributed by atoms with Gasteiger partial charge in [-0.15, -0.1) is 0 Å². The minimum absolute atomic E-state index is 0.0622. The molecule has 0 aromatic heterocycles. The van der Waals surface area contributed by atoms with E-state index in [2.05, 4.69) is 0 Å². The van der Waals surface area contributed by atoms with Crippen LogP contribution in [0, 0.1) is 10.1 Å². The zero-order valence-electron chi connectivity index (χ0n) is 10.3. The summed E-state index contributed by atoms with van der Waals surface area (Å²) >= 11 is 0. The summed E-state index contributed by atoms with van der Waals surface area (Å²) < 4.78 is 14.7. The molecule has 0 aliphatic carbocycles. The summed E-state index contributed by atoms with van der Waals surface area (Å²) in [4.78, 5) is 10.4. The van der Waals surface area contributed by atoms with Gasteiger partial charge in [0.1, 0.15) is 5.75 Å². The third-order valence-electron chi connectivity index (χ3n) is 2.20. The Labute approximate surface area is 105 Å². The molecular formula is C12H15NO5. The largest absolute Gasteiger partial charge is 0.497 e. The lowest BCUT2D eigenvalue weighted by molar-refractivity contribution is -0.385. The van der Waals surface area contributed by atoms with Crippen molar-refractivity contribution in [2.45, 2.75) is 6.42 Å². The normalized spacial score (nSPS) is 10.6. The highest BCUT2D eigenvalue weighted by Crippen LogP contribution is 2.24. The predicted molar refractivity (Wildman–Crippen MR) is 65.5 cm³/mol. The molecule has 0 saturated heterocycles. The Morgan fingerprint density at radius 2 is 2.17 bits per heavy atom. The van der Waals surface area contributed by atoms with Crippen LogP contribution in [0.25, 0.3) is 0 Å². The molecule has 0 atom stereocenters. The van der Waals surface area contributed by atoms with E-state index in [-0.39, 0.29) is 12.5 Å². The standard InChI is InChI=1S/C12H15NO5/c1-16-9-18-7-3-4-10-8-11(17-2)5-6-12(10)13(14)15/h3,5-8H,4,9H2,1-2H3. The minimum atomic E-state index is -0.418. The fraction of sp³-hybridized carbons (Fsp3) is 0.333. The molecule has 0 unspecified atom stereocenters. The lowest BCUT2D eigenvalue weighted by atomic mass is 10.1. The maximum Gasteiger partial charge on any atom is 0.273 e. The Morgan fingerprint density at radius 3 is 2.78 bits per heavy atom. The number of allylic oxidation sites excluding steroid dienone is 1. The monoisotopic (exact) mass is 253 g/mol. The zero-order chi connectivity index (χ0) is 13.4. The molecule has 0 N–H and O–H groups in total. The first kappa shape index (κ1) is 14.0. The molecule has 0 heterocycles. The van der Waals surface area contributed by atoms with Crippen molar-refractivity contribution < 1.29 is 19.1 Å². The van der Waals surface area contributed by atoms with Gasteiger partial charge >= 0.3 is 0 Å². The van der Waals surface area contributed by atoms with Crippen LogP contribution in [-0.2, 0) is 15.9 Å². The van der Waals surface area contributed by atoms with Gasteiger partial charge < -0.3 is 14.2 Å². The van der Waals surface area contributed by atoms with Crippen molar-refractivity contribution in [2.24, 2.45) is 0 Å². The van der Waals surface area contributed by atoms with E-state index in [1.54, 1.807) is 18.2 Å². The van der Waals surface area contributed by atoms with Crippen LogP contribution in [0.5, 0.6) is 5.75 Å². The van der Waals surface area contributed by atoms with E-state index in [4.69, 9.17) is 14.2 Å². The summed E-state index contributed by atoms with van der Waals surface area (Å²) in [6.45, 7) is 0.150. The van der Waals surface area contributed by atoms with Gasteiger partial charge in [0.25, 0.3) is 5.69 Å². The van der Waals surface area contributed by atoms with Crippen LogP contribution in [0.1, 0.15) is 5.56 Å². The van der Waals surface area contributed by atoms with Crippen LogP contribution < -0.4 is 4.74 Å². The molecule has 0 aliphatic heterocycles. The average molecular weight is 253 g/mol. The van der Waals surface area contributed by atoms with Crippen molar-refractivity contribution in [2.75, 3.05) is 21.0 Å². The summed E-state index contributed by atoms with van der Waals surface area (Å²) in [5.74, 6) is 0.585. The highest BCUT2D eigenvalue weighted by atomic mass is 16.7. The number of rotatable bonds is 7. The lowest BCUT2D eigenvalue weighted by Crippen LogP contribution is -1.96. The van der Waals surface area contributed by atoms with Crippen LogP contribution in [0.2, 0.25) is 0 Å². The number of nitro groups is 1. The van der Waals surface area contributed by atoms with E-state index in [1.807, 2.05) is 0 Å². The topological polar surface area (TPSA) is 70.8 Å². The van der Waals surface area contributed by atoms with Crippen molar-refractivity contribution in [3.05, 3.63) is 46.2 Å². The fourth-order valence-corrected chi connectivity index (χ4v) is 1.38. The number of nitrogens with zero attached hydrogens (tertiary/aromatic N) is 1. The summed E-state index contributed by atoms with van der Waals surface area (Å²) in [7, 11) is 3.03. The van der Waals surface area contributed by atoms with Crippen molar-refractivity contribution in [3.63, 3.8) is 0 Å². The average Bonchev–Trinajstić information content (AvgIpc) is 2.38. The summed E-state index contributed by atoms with van der Waals surface area (Å²) in [6, 6.07) is 4.63. The molecule has 0 amide bonds. The SMILES string of the molecule is COCOC=CCc1cc(OC)ccc1[N+](=O)[O-]. The van der Waals surface area contributed by atoms with Crippen LogP contribution in [0.15, 0.2) is 30.5 Å². The first-order valence-electron chi connectivity index (χ1n) is 5.26. The second kappa shape index (κ2) is 7.29. The van der Waals surface area contributed by atoms with Crippen LogP contribution in [0.4, 0.5) is 5.69 Å². The molecule has 1 aromatic carbocycles. The summed E-state index contributed by atoms with van der Waals surface area (Å²) in [5.41, 5.74) is 0.629. The van der Waals surface area contributed by atoms with Gasteiger partial charge in [0.2, 0.25) is 0 Å². The van der Waals surface area contributed by atoms with Crippen molar-refractivity contribution in [1.82, 2.24) is 0 Å². The van der Waals surface area contributed by atoms with E-state index in [0.29, 0.717) is 17.7 Å². The predicted octanol–water partition coefficient (Wildman–Crippen LogP) is 2.28. The summed E-state index contributed by atoms with van der Waals surface area (Å²) in [6.07, 6.45) is 3.52. The number of hydrogen-bond acceptors (Lipinski definition) is 5. The molecule has 18 heavy (non-hydrogen) atoms. The highest BCUT2D eigenvalue weighted by molar-refractivity contribution is 5.46. The molecule has 98 valence electrons.